The number of nitrogens with zero attached hydrogens (tertiary/aromatic N) is 1. The molecule has 5 nitrogen and oxygen atoms in total. The van der Waals surface area contributed by atoms with E-state index in [9.17, 15) is 4.79 Å². The van der Waals surface area contributed by atoms with Crippen molar-refractivity contribution in [3.8, 4) is 5.75 Å². The average molecular weight is 341 g/mol. The highest BCUT2D eigenvalue weighted by Crippen LogP contribution is 2.31. The fourth-order valence-corrected chi connectivity index (χ4v) is 3.07. The summed E-state index contributed by atoms with van der Waals surface area (Å²) in [6.07, 6.45) is 1.62. The number of benzene rings is 1. The van der Waals surface area contributed by atoms with Crippen LogP contribution in [-0.4, -0.2) is 57.8 Å². The number of rotatable bonds is 7. The van der Waals surface area contributed by atoms with Crippen molar-refractivity contribution in [3.05, 3.63) is 29.3 Å². The van der Waals surface area contributed by atoms with E-state index in [1.807, 2.05) is 19.2 Å². The maximum atomic E-state index is 12.8. The summed E-state index contributed by atoms with van der Waals surface area (Å²) in [7, 11) is 3.48. The van der Waals surface area contributed by atoms with Gasteiger partial charge >= 0.3 is 0 Å². The maximum absolute atomic E-state index is 12.8. The monoisotopic (exact) mass is 340 g/mol. The molecule has 1 aliphatic rings. The first kappa shape index (κ1) is 18.0. The van der Waals surface area contributed by atoms with Crippen LogP contribution in [0.5, 0.6) is 5.75 Å². The van der Waals surface area contributed by atoms with E-state index in [4.69, 9.17) is 21.1 Å². The smallest absolute Gasteiger partial charge is 0.231 e. The zero-order chi connectivity index (χ0) is 16.7. The van der Waals surface area contributed by atoms with Gasteiger partial charge < -0.3 is 19.7 Å². The van der Waals surface area contributed by atoms with Gasteiger partial charge in [-0.1, -0.05) is 11.6 Å². The Kier molecular flexibility index (Phi) is 6.69. The summed E-state index contributed by atoms with van der Waals surface area (Å²) in [4.78, 5) is 14.6. The minimum Gasteiger partial charge on any atom is -0.492 e. The number of amides is 1. The van der Waals surface area contributed by atoms with Crippen molar-refractivity contribution < 1.29 is 14.3 Å². The van der Waals surface area contributed by atoms with E-state index < -0.39 is 5.41 Å². The second-order valence-corrected chi connectivity index (χ2v) is 6.43. The molecule has 1 aliphatic heterocycles. The van der Waals surface area contributed by atoms with Crippen LogP contribution in [0, 0.1) is 5.41 Å². The zero-order valence-corrected chi connectivity index (χ0v) is 14.6. The Balaban J connectivity index is 1.86. The SMILES string of the molecule is COCC1(C(=O)N(C)CCOc2ccc(Cl)cc2)CCNCC1. The van der Waals surface area contributed by atoms with Gasteiger partial charge in [-0.15, -0.1) is 0 Å². The molecular formula is C17H25ClN2O3. The van der Waals surface area contributed by atoms with Crippen molar-refractivity contribution >= 4 is 17.5 Å². The number of methoxy groups -OCH3 is 1. The molecule has 1 N–H and O–H groups in total. The van der Waals surface area contributed by atoms with E-state index in [1.54, 1.807) is 24.1 Å². The molecule has 0 bridgehead atoms. The third kappa shape index (κ3) is 4.83. The highest BCUT2D eigenvalue weighted by Gasteiger charge is 2.41. The summed E-state index contributed by atoms with van der Waals surface area (Å²) < 4.78 is 11.0. The molecule has 1 aromatic carbocycles. The van der Waals surface area contributed by atoms with Gasteiger partial charge in [0.1, 0.15) is 12.4 Å². The number of hydrogen-bond donors (Lipinski definition) is 1. The molecule has 6 heteroatoms. The topological polar surface area (TPSA) is 50.8 Å². The summed E-state index contributed by atoms with van der Waals surface area (Å²) >= 11 is 5.84. The summed E-state index contributed by atoms with van der Waals surface area (Å²) in [5.41, 5.74) is -0.408. The standard InChI is InChI=1S/C17H25ClN2O3/c1-20(11-12-23-15-5-3-14(18)4-6-15)16(21)17(13-22-2)7-9-19-10-8-17/h3-6,19H,7-13H2,1-2H3. The largest absolute Gasteiger partial charge is 0.492 e. The van der Waals surface area contributed by atoms with E-state index in [2.05, 4.69) is 5.32 Å². The van der Waals surface area contributed by atoms with Crippen LogP contribution in [0.4, 0.5) is 0 Å². The van der Waals surface area contributed by atoms with Crippen LogP contribution in [0.3, 0.4) is 0 Å². The third-order valence-electron chi connectivity index (χ3n) is 4.29. The lowest BCUT2D eigenvalue weighted by atomic mass is 9.78. The van der Waals surface area contributed by atoms with Gasteiger partial charge in [0.05, 0.1) is 18.6 Å². The quantitative estimate of drug-likeness (QED) is 0.826. The van der Waals surface area contributed by atoms with Crippen molar-refractivity contribution in [2.75, 3.05) is 47.0 Å². The number of likely N-dealkylation sites (N-methyl/N-ethyl adjacent to an activating group) is 1. The van der Waals surface area contributed by atoms with Gasteiger partial charge in [0, 0.05) is 19.2 Å². The van der Waals surface area contributed by atoms with Crippen molar-refractivity contribution in [1.82, 2.24) is 10.2 Å². The van der Waals surface area contributed by atoms with Crippen LogP contribution >= 0.6 is 11.6 Å². The Labute approximate surface area is 142 Å². The maximum Gasteiger partial charge on any atom is 0.231 e. The van der Waals surface area contributed by atoms with Crippen LogP contribution < -0.4 is 10.1 Å². The Morgan fingerprint density at radius 2 is 1.96 bits per heavy atom. The van der Waals surface area contributed by atoms with Gasteiger partial charge in [-0.05, 0) is 50.2 Å². The normalized spacial score (nSPS) is 16.8. The van der Waals surface area contributed by atoms with E-state index in [1.165, 1.54) is 0 Å². The highest BCUT2D eigenvalue weighted by molar-refractivity contribution is 6.30. The number of hydrogen-bond acceptors (Lipinski definition) is 4. The van der Waals surface area contributed by atoms with Crippen LogP contribution in [0.1, 0.15) is 12.8 Å². The minimum absolute atomic E-state index is 0.139. The molecule has 0 spiro atoms. The van der Waals surface area contributed by atoms with Gasteiger partial charge in [-0.3, -0.25) is 4.79 Å². The molecule has 1 heterocycles. The number of halogens is 1. The molecule has 1 amide bonds. The molecule has 0 saturated carbocycles. The summed E-state index contributed by atoms with van der Waals surface area (Å²) in [5.74, 6) is 0.893. The Hall–Kier alpha value is -1.30. The molecule has 23 heavy (non-hydrogen) atoms. The van der Waals surface area contributed by atoms with Gasteiger partial charge in [0.25, 0.3) is 0 Å². The molecule has 1 fully saturated rings. The molecule has 1 aromatic rings. The van der Waals surface area contributed by atoms with Crippen molar-refractivity contribution in [2.24, 2.45) is 5.41 Å². The number of piperidine rings is 1. The lowest BCUT2D eigenvalue weighted by Crippen LogP contribution is -2.51. The minimum atomic E-state index is -0.408. The van der Waals surface area contributed by atoms with Gasteiger partial charge in [-0.2, -0.15) is 0 Å². The Morgan fingerprint density at radius 1 is 1.30 bits per heavy atom. The molecule has 2 rings (SSSR count). The molecule has 128 valence electrons. The van der Waals surface area contributed by atoms with E-state index in [-0.39, 0.29) is 5.91 Å². The molecule has 0 unspecified atom stereocenters. The molecule has 0 aromatic heterocycles. The molecule has 0 atom stereocenters. The number of ether oxygens (including phenoxy) is 2. The van der Waals surface area contributed by atoms with E-state index in [0.29, 0.717) is 24.8 Å². The van der Waals surface area contributed by atoms with Crippen molar-refractivity contribution in [1.29, 1.82) is 0 Å². The van der Waals surface area contributed by atoms with Crippen molar-refractivity contribution in [2.45, 2.75) is 12.8 Å². The summed E-state index contributed by atoms with van der Waals surface area (Å²) in [5, 5.41) is 3.98. The van der Waals surface area contributed by atoms with Crippen LogP contribution in [0.25, 0.3) is 0 Å². The van der Waals surface area contributed by atoms with Crippen LogP contribution in [0.15, 0.2) is 24.3 Å². The fraction of sp³-hybridized carbons (Fsp3) is 0.588. The molecule has 0 radical (unpaired) electrons. The third-order valence-corrected chi connectivity index (χ3v) is 4.54. The second-order valence-electron chi connectivity index (χ2n) is 5.99. The first-order valence-corrected chi connectivity index (χ1v) is 8.29. The average Bonchev–Trinajstić information content (AvgIpc) is 2.57. The summed E-state index contributed by atoms with van der Waals surface area (Å²) in [6, 6.07) is 7.22. The van der Waals surface area contributed by atoms with Crippen LogP contribution in [0.2, 0.25) is 5.02 Å². The number of nitrogens with one attached hydrogen (secondary N) is 1. The van der Waals surface area contributed by atoms with E-state index in [0.717, 1.165) is 31.7 Å². The second kappa shape index (κ2) is 8.52. The molecule has 1 saturated heterocycles. The zero-order valence-electron chi connectivity index (χ0n) is 13.8. The van der Waals surface area contributed by atoms with Gasteiger partial charge in [-0.25, -0.2) is 0 Å². The Bertz CT molecular complexity index is 496. The van der Waals surface area contributed by atoms with E-state index >= 15 is 0 Å². The fourth-order valence-electron chi connectivity index (χ4n) is 2.94. The predicted octanol–water partition coefficient (Wildman–Crippen LogP) is 2.19. The van der Waals surface area contributed by atoms with Crippen LogP contribution in [-0.2, 0) is 9.53 Å². The number of carbonyl (C=O) groups excluding carboxylic acids is 1. The predicted molar refractivity (Wildman–Crippen MR) is 91.0 cm³/mol. The lowest BCUT2D eigenvalue weighted by Gasteiger charge is -2.38. The Morgan fingerprint density at radius 3 is 2.57 bits per heavy atom. The first-order chi connectivity index (χ1) is 11.1. The first-order valence-electron chi connectivity index (χ1n) is 7.91. The van der Waals surface area contributed by atoms with Gasteiger partial charge in [0.15, 0.2) is 0 Å². The molecule has 0 aliphatic carbocycles. The highest BCUT2D eigenvalue weighted by atomic mass is 35.5. The molecular weight excluding hydrogens is 316 g/mol. The number of carbonyl (C=O) groups is 1. The van der Waals surface area contributed by atoms with Gasteiger partial charge in [0.2, 0.25) is 5.91 Å². The summed E-state index contributed by atoms with van der Waals surface area (Å²) in [6.45, 7) is 3.16. The lowest BCUT2D eigenvalue weighted by molar-refractivity contribution is -0.146. The van der Waals surface area contributed by atoms with Crippen molar-refractivity contribution in [3.63, 3.8) is 0 Å².